The fourth-order valence-corrected chi connectivity index (χ4v) is 7.19. The summed E-state index contributed by atoms with van der Waals surface area (Å²) in [5.41, 5.74) is 9.24. The van der Waals surface area contributed by atoms with Crippen molar-refractivity contribution in [3.05, 3.63) is 18.4 Å². The van der Waals surface area contributed by atoms with Crippen LogP contribution in [0.1, 0.15) is 13.8 Å². The van der Waals surface area contributed by atoms with Crippen LogP contribution in [0, 0.1) is 44.1 Å². The molecule has 0 aliphatic carbocycles. The molecule has 5 rings (SSSR count). The molecule has 25 atom stereocenters. The standard InChI is InChI=1S/C33H56NO23.Ac/c1-4-5-48-30-24(47)27(18(41)12(7-36)51-30)56-29-14(34)26(55-31-22(45)19(42)15(38)9(2)49-31)25(13(8-37)53-29)54-33-28(21(44)17(40)11(6-35)52-33)57-32-23(46)20(43)16(39)10(3)50-32;/h4,9-47H,1,5-8H2,2-3H3;/q-1;/t9?,10?,11?,12?,13?,14?,15-,16+,17+,18+,19?,20?,21?,22?,23?,24?,25+,26?,27?,28?,29+,30-,31-,32+,33+;/m1./s1. The molecule has 5 heterocycles. The Morgan fingerprint density at radius 2 is 0.914 bits per heavy atom. The van der Waals surface area contributed by atoms with Crippen LogP contribution in [0.3, 0.4) is 0 Å². The van der Waals surface area contributed by atoms with Gasteiger partial charge in [-0.1, -0.05) is 12.1 Å². The van der Waals surface area contributed by atoms with E-state index in [1.165, 1.54) is 19.9 Å². The van der Waals surface area contributed by atoms with E-state index in [9.17, 15) is 72.1 Å². The predicted octanol–water partition coefficient (Wildman–Crippen LogP) is -7.60. The normalized spacial score (nSPS) is 51.5. The molecule has 0 spiro atoms. The molecule has 0 amide bonds. The van der Waals surface area contributed by atoms with Crippen molar-refractivity contribution in [2.45, 2.75) is 167 Å². The molecule has 0 saturated carbocycles. The Morgan fingerprint density at radius 1 is 0.466 bits per heavy atom. The van der Waals surface area contributed by atoms with Crippen LogP contribution in [-0.2, 0) is 47.4 Å². The summed E-state index contributed by atoms with van der Waals surface area (Å²) in [5.74, 6) is 0. The Bertz CT molecular complexity index is 1270. The Labute approximate surface area is 368 Å². The number of aliphatic hydroxyl groups excluding tert-OH is 13. The molecule has 5 saturated heterocycles. The van der Waals surface area contributed by atoms with E-state index in [1.807, 2.05) is 0 Å². The maximum absolute atomic E-state index is 11.2. The van der Waals surface area contributed by atoms with E-state index in [2.05, 4.69) is 6.58 Å². The van der Waals surface area contributed by atoms with Gasteiger partial charge in [-0.3, -0.25) is 0 Å². The van der Waals surface area contributed by atoms with Gasteiger partial charge in [-0.2, -0.15) is 0 Å². The van der Waals surface area contributed by atoms with Crippen LogP contribution >= 0.6 is 0 Å². The number of nitrogens with one attached hydrogen (secondary N) is 1. The molecule has 25 heteroatoms. The predicted molar refractivity (Wildman–Crippen MR) is 180 cm³/mol. The molecule has 0 aromatic carbocycles. The van der Waals surface area contributed by atoms with Crippen LogP contribution in [0.4, 0.5) is 0 Å². The Hall–Kier alpha value is 0.222. The molecule has 335 valence electrons. The van der Waals surface area contributed by atoms with Gasteiger partial charge in [-0.15, -0.1) is 6.58 Å². The van der Waals surface area contributed by atoms with Crippen molar-refractivity contribution in [1.82, 2.24) is 0 Å². The number of hydrogen-bond donors (Lipinski definition) is 13. The van der Waals surface area contributed by atoms with Crippen molar-refractivity contribution in [3.63, 3.8) is 0 Å². The van der Waals surface area contributed by atoms with Crippen LogP contribution < -0.4 is 0 Å². The summed E-state index contributed by atoms with van der Waals surface area (Å²) >= 11 is 0. The summed E-state index contributed by atoms with van der Waals surface area (Å²) in [6.45, 7) is 3.47. The first-order chi connectivity index (χ1) is 27.0. The zero-order chi connectivity index (χ0) is 42.0. The molecule has 24 nitrogen and oxygen atoms in total. The van der Waals surface area contributed by atoms with Gasteiger partial charge in [0.15, 0.2) is 25.2 Å². The molecular weight excluding hydrogens is 1010 g/mol. The first-order valence-corrected chi connectivity index (χ1v) is 18.4. The van der Waals surface area contributed by atoms with Gasteiger partial charge in [0.1, 0.15) is 104 Å². The van der Waals surface area contributed by atoms with Gasteiger partial charge in [0.05, 0.1) is 44.7 Å². The van der Waals surface area contributed by atoms with Gasteiger partial charge >= 0.3 is 0 Å². The quantitative estimate of drug-likeness (QED) is 0.0719. The number of hydrogen-bond acceptors (Lipinski definition) is 23. The minimum absolute atomic E-state index is 0. The third-order valence-corrected chi connectivity index (χ3v) is 10.6. The molecule has 5 aliphatic heterocycles. The average molecular weight is 1060 g/mol. The zero-order valence-corrected chi connectivity index (χ0v) is 36.3. The molecule has 1 radical (unpaired) electrons. The summed E-state index contributed by atoms with van der Waals surface area (Å²) in [6, 6.07) is -1.87. The van der Waals surface area contributed by atoms with Crippen molar-refractivity contribution < 1.29 is 158 Å². The van der Waals surface area contributed by atoms with Crippen molar-refractivity contribution in [2.75, 3.05) is 26.4 Å². The summed E-state index contributed by atoms with van der Waals surface area (Å²) in [7, 11) is 0. The fourth-order valence-electron chi connectivity index (χ4n) is 7.19. The Balaban J connectivity index is 0.00000744. The minimum atomic E-state index is -1.98. The maximum Gasteiger partial charge on any atom is 0.187 e. The van der Waals surface area contributed by atoms with E-state index in [1.54, 1.807) is 0 Å². The smallest absolute Gasteiger partial charge is 0.187 e. The molecular formula is C33H56AcNO23-. The molecule has 14 N–H and O–H groups in total. The summed E-state index contributed by atoms with van der Waals surface area (Å²) < 4.78 is 57.5. The van der Waals surface area contributed by atoms with Gasteiger partial charge in [0, 0.05) is 44.1 Å². The molecule has 15 unspecified atom stereocenters. The summed E-state index contributed by atoms with van der Waals surface area (Å²) in [4.78, 5) is 0. The fraction of sp³-hybridized carbons (Fsp3) is 0.939. The molecule has 0 aromatic heterocycles. The maximum atomic E-state index is 11.2. The molecule has 5 fully saturated rings. The Kier molecular flexibility index (Phi) is 19.5. The van der Waals surface area contributed by atoms with Crippen LogP contribution in [0.25, 0.3) is 5.73 Å². The monoisotopic (exact) mass is 1060 g/mol. The van der Waals surface area contributed by atoms with Gasteiger partial charge in [-0.05, 0) is 13.8 Å². The van der Waals surface area contributed by atoms with Crippen molar-refractivity contribution >= 4 is 0 Å². The van der Waals surface area contributed by atoms with Gasteiger partial charge in [0.2, 0.25) is 0 Å². The van der Waals surface area contributed by atoms with Crippen LogP contribution in [0.15, 0.2) is 12.7 Å². The summed E-state index contributed by atoms with van der Waals surface area (Å²) in [6.07, 6.45) is -39.4. The van der Waals surface area contributed by atoms with Gasteiger partial charge < -0.3 is 119 Å². The second-order valence-corrected chi connectivity index (χ2v) is 14.6. The van der Waals surface area contributed by atoms with Gasteiger partial charge in [0.25, 0.3) is 0 Å². The second-order valence-electron chi connectivity index (χ2n) is 14.6. The van der Waals surface area contributed by atoms with E-state index in [0.29, 0.717) is 0 Å². The number of aliphatic hydroxyl groups is 13. The van der Waals surface area contributed by atoms with Gasteiger partial charge in [-0.25, -0.2) is 0 Å². The summed E-state index contributed by atoms with van der Waals surface area (Å²) in [5, 5.41) is 137. The van der Waals surface area contributed by atoms with Crippen LogP contribution in [0.5, 0.6) is 0 Å². The third-order valence-electron chi connectivity index (χ3n) is 10.6. The largest absolute Gasteiger partial charge is 0.668 e. The Morgan fingerprint density at radius 3 is 1.43 bits per heavy atom. The first-order valence-electron chi connectivity index (χ1n) is 18.4. The molecule has 0 aromatic rings. The van der Waals surface area contributed by atoms with E-state index in [4.69, 9.17) is 47.4 Å². The van der Waals surface area contributed by atoms with E-state index in [-0.39, 0.29) is 50.7 Å². The number of ether oxygens (including phenoxy) is 10. The number of rotatable bonds is 14. The molecule has 5 aliphatic rings. The van der Waals surface area contributed by atoms with E-state index >= 15 is 0 Å². The van der Waals surface area contributed by atoms with E-state index < -0.39 is 173 Å². The minimum Gasteiger partial charge on any atom is -0.668 e. The zero-order valence-electron chi connectivity index (χ0n) is 31.5. The third kappa shape index (κ3) is 10.8. The SMILES string of the molecule is C=CCO[C@@H]1OC(CO)[C@H](O)C(O[C@@H]2OC(CO)[C@H](O[C@@H]3OC(CO)[C@H](O)C(O)C3O[C@@H]3OC(C)[C@H](O)C(O)C3O)C(O[C@H]3OC(C)[C@@H](O)C(O)C3O)C2[NH-])C1O.[Ac]. The van der Waals surface area contributed by atoms with Crippen molar-refractivity contribution in [2.24, 2.45) is 0 Å². The van der Waals surface area contributed by atoms with E-state index in [0.717, 1.165) is 0 Å². The van der Waals surface area contributed by atoms with Crippen molar-refractivity contribution in [1.29, 1.82) is 0 Å². The topological polar surface area (TPSA) is 379 Å². The first kappa shape index (κ1) is 50.9. The van der Waals surface area contributed by atoms with Crippen LogP contribution in [-0.4, -0.2) is 246 Å². The average Bonchev–Trinajstić information content (AvgIpc) is 3.19. The van der Waals surface area contributed by atoms with Crippen molar-refractivity contribution in [3.8, 4) is 0 Å². The molecule has 0 bridgehead atoms. The second kappa shape index (κ2) is 22.2. The molecule has 58 heavy (non-hydrogen) atoms. The van der Waals surface area contributed by atoms with Crippen LogP contribution in [0.2, 0.25) is 0 Å².